The van der Waals surface area contributed by atoms with Gasteiger partial charge in [-0.2, -0.15) is 0 Å². The third kappa shape index (κ3) is 4.51. The van der Waals surface area contributed by atoms with Gasteiger partial charge in [-0.1, -0.05) is 6.92 Å². The first-order valence-corrected chi connectivity index (χ1v) is 10.4. The van der Waals surface area contributed by atoms with Crippen molar-refractivity contribution < 1.29 is 18.0 Å². The fourth-order valence-corrected chi connectivity index (χ4v) is 4.37. The molecule has 0 saturated carbocycles. The van der Waals surface area contributed by atoms with Crippen LogP contribution in [0.1, 0.15) is 33.6 Å². The first-order chi connectivity index (χ1) is 11.2. The summed E-state index contributed by atoms with van der Waals surface area (Å²) in [5.41, 5.74) is 0.508. The number of carbonyl (C=O) groups excluding carboxylic acids is 2. The molecule has 0 bridgehead atoms. The van der Waals surface area contributed by atoms with Gasteiger partial charge in [0.2, 0.25) is 11.8 Å². The number of fused-ring (bicyclic) bond motifs is 1. The quantitative estimate of drug-likeness (QED) is 0.801. The maximum Gasteiger partial charge on any atom is 0.237 e. The van der Waals surface area contributed by atoms with E-state index in [1.165, 1.54) is 23.9 Å². The Hall–Kier alpha value is -1.54. The molecule has 132 valence electrons. The molecule has 2 amide bonds. The van der Waals surface area contributed by atoms with E-state index in [1.54, 1.807) is 13.0 Å². The summed E-state index contributed by atoms with van der Waals surface area (Å²) in [6.45, 7) is 5.61. The fourth-order valence-electron chi connectivity index (χ4n) is 2.18. The van der Waals surface area contributed by atoms with E-state index in [2.05, 4.69) is 10.6 Å². The SMILES string of the molecule is CCC(C)NC(=O)CCS(=O)(=O)c1ccc2c(c1)NC(=O)C(C)S2. The van der Waals surface area contributed by atoms with Gasteiger partial charge >= 0.3 is 0 Å². The first kappa shape index (κ1) is 18.8. The van der Waals surface area contributed by atoms with Crippen molar-refractivity contribution in [3.05, 3.63) is 18.2 Å². The number of nitrogens with one attached hydrogen (secondary N) is 2. The molecule has 1 heterocycles. The molecule has 8 heteroatoms. The number of carbonyl (C=O) groups is 2. The zero-order valence-electron chi connectivity index (χ0n) is 14.0. The Balaban J connectivity index is 2.09. The third-order valence-electron chi connectivity index (χ3n) is 3.86. The van der Waals surface area contributed by atoms with Gasteiger partial charge in [0.05, 0.1) is 21.6 Å². The van der Waals surface area contributed by atoms with E-state index in [-0.39, 0.29) is 40.2 Å². The van der Waals surface area contributed by atoms with E-state index in [4.69, 9.17) is 0 Å². The van der Waals surface area contributed by atoms with Crippen LogP contribution < -0.4 is 10.6 Å². The zero-order chi connectivity index (χ0) is 17.9. The van der Waals surface area contributed by atoms with Crippen molar-refractivity contribution in [1.29, 1.82) is 0 Å². The smallest absolute Gasteiger partial charge is 0.237 e. The van der Waals surface area contributed by atoms with Gasteiger partial charge in [0.1, 0.15) is 0 Å². The van der Waals surface area contributed by atoms with Gasteiger partial charge in [-0.05, 0) is 38.5 Å². The average Bonchev–Trinajstić information content (AvgIpc) is 2.53. The highest BCUT2D eigenvalue weighted by Gasteiger charge is 2.25. The Morgan fingerprint density at radius 2 is 2.12 bits per heavy atom. The summed E-state index contributed by atoms with van der Waals surface area (Å²) in [6, 6.07) is 4.71. The molecule has 2 rings (SSSR count). The molecule has 0 saturated heterocycles. The van der Waals surface area contributed by atoms with Crippen LogP contribution in [0.25, 0.3) is 0 Å². The predicted octanol–water partition coefficient (Wildman–Crippen LogP) is 2.20. The number of sulfone groups is 1. The highest BCUT2D eigenvalue weighted by atomic mass is 32.2. The normalized spacial score (nSPS) is 18.5. The molecular weight excluding hydrogens is 348 g/mol. The van der Waals surface area contributed by atoms with Crippen LogP contribution in [-0.4, -0.2) is 37.3 Å². The van der Waals surface area contributed by atoms with Gasteiger partial charge in [0.25, 0.3) is 0 Å². The second-order valence-electron chi connectivity index (χ2n) is 5.85. The minimum absolute atomic E-state index is 0.0261. The number of benzene rings is 1. The number of thioether (sulfide) groups is 1. The molecule has 24 heavy (non-hydrogen) atoms. The van der Waals surface area contributed by atoms with E-state index in [9.17, 15) is 18.0 Å². The van der Waals surface area contributed by atoms with Crippen LogP contribution in [0.4, 0.5) is 5.69 Å². The predicted molar refractivity (Wildman–Crippen MR) is 95.0 cm³/mol. The average molecular weight is 370 g/mol. The van der Waals surface area contributed by atoms with Gasteiger partial charge in [-0.15, -0.1) is 11.8 Å². The van der Waals surface area contributed by atoms with Crippen LogP contribution in [0.5, 0.6) is 0 Å². The summed E-state index contributed by atoms with van der Waals surface area (Å²) < 4.78 is 24.8. The summed E-state index contributed by atoms with van der Waals surface area (Å²) >= 11 is 1.40. The van der Waals surface area contributed by atoms with Crippen molar-refractivity contribution in [3.63, 3.8) is 0 Å². The Labute approximate surface area is 146 Å². The van der Waals surface area contributed by atoms with Crippen molar-refractivity contribution >= 4 is 39.1 Å². The molecule has 0 spiro atoms. The molecule has 1 aromatic carbocycles. The number of hydrogen-bond acceptors (Lipinski definition) is 5. The zero-order valence-corrected chi connectivity index (χ0v) is 15.6. The van der Waals surface area contributed by atoms with E-state index in [0.717, 1.165) is 11.3 Å². The van der Waals surface area contributed by atoms with E-state index in [1.807, 2.05) is 13.8 Å². The lowest BCUT2D eigenvalue weighted by molar-refractivity contribution is -0.121. The Kier molecular flexibility index (Phi) is 5.92. The molecule has 1 aliphatic rings. The molecule has 2 atom stereocenters. The van der Waals surface area contributed by atoms with Crippen molar-refractivity contribution in [3.8, 4) is 0 Å². The maximum atomic E-state index is 12.4. The van der Waals surface area contributed by atoms with Crippen LogP contribution in [0.3, 0.4) is 0 Å². The largest absolute Gasteiger partial charge is 0.354 e. The van der Waals surface area contributed by atoms with Crippen LogP contribution in [0.2, 0.25) is 0 Å². The second-order valence-corrected chi connectivity index (χ2v) is 9.34. The van der Waals surface area contributed by atoms with Crippen molar-refractivity contribution in [2.45, 2.75) is 54.7 Å². The van der Waals surface area contributed by atoms with Crippen molar-refractivity contribution in [1.82, 2.24) is 5.32 Å². The second kappa shape index (κ2) is 7.57. The molecular formula is C16H22N2O4S2. The van der Waals surface area contributed by atoms with Crippen molar-refractivity contribution in [2.24, 2.45) is 0 Å². The van der Waals surface area contributed by atoms with E-state index < -0.39 is 9.84 Å². The summed E-state index contributed by atoms with van der Waals surface area (Å²) in [5, 5.41) is 5.26. The van der Waals surface area contributed by atoms with E-state index >= 15 is 0 Å². The highest BCUT2D eigenvalue weighted by Crippen LogP contribution is 2.36. The fraction of sp³-hybridized carbons (Fsp3) is 0.500. The Morgan fingerprint density at radius 3 is 2.79 bits per heavy atom. The number of anilines is 1. The van der Waals surface area contributed by atoms with Crippen LogP contribution in [0, 0.1) is 0 Å². The molecule has 0 fully saturated rings. The highest BCUT2D eigenvalue weighted by molar-refractivity contribution is 8.01. The minimum atomic E-state index is -3.58. The molecule has 0 radical (unpaired) electrons. The standard InChI is InChI=1S/C16H22N2O4S2/c1-4-10(2)17-15(19)7-8-24(21,22)12-5-6-14-13(9-12)18-16(20)11(3)23-14/h5-6,9-11H,4,7-8H2,1-3H3,(H,17,19)(H,18,20). The van der Waals surface area contributed by atoms with Crippen molar-refractivity contribution in [2.75, 3.05) is 11.1 Å². The van der Waals surface area contributed by atoms with Crippen LogP contribution >= 0.6 is 11.8 Å². The molecule has 1 aliphatic heterocycles. The summed E-state index contributed by atoms with van der Waals surface area (Å²) in [6.07, 6.45) is 0.709. The van der Waals surface area contributed by atoms with Gasteiger partial charge in [0.15, 0.2) is 9.84 Å². The number of amides is 2. The van der Waals surface area contributed by atoms with Crippen LogP contribution in [-0.2, 0) is 19.4 Å². The monoisotopic (exact) mass is 370 g/mol. The number of rotatable bonds is 6. The summed E-state index contributed by atoms with van der Waals surface area (Å²) in [7, 11) is -3.58. The third-order valence-corrected chi connectivity index (χ3v) is 6.75. The van der Waals surface area contributed by atoms with Gasteiger partial charge in [-0.25, -0.2) is 8.42 Å². The maximum absolute atomic E-state index is 12.4. The lowest BCUT2D eigenvalue weighted by Gasteiger charge is -2.21. The minimum Gasteiger partial charge on any atom is -0.354 e. The molecule has 2 N–H and O–H groups in total. The lowest BCUT2D eigenvalue weighted by atomic mass is 10.2. The van der Waals surface area contributed by atoms with Gasteiger partial charge in [0, 0.05) is 17.4 Å². The number of hydrogen-bond donors (Lipinski definition) is 2. The first-order valence-electron chi connectivity index (χ1n) is 7.86. The molecule has 6 nitrogen and oxygen atoms in total. The Morgan fingerprint density at radius 1 is 1.42 bits per heavy atom. The van der Waals surface area contributed by atoms with Gasteiger partial charge in [-0.3, -0.25) is 9.59 Å². The molecule has 2 unspecified atom stereocenters. The lowest BCUT2D eigenvalue weighted by Crippen LogP contribution is -2.33. The van der Waals surface area contributed by atoms with E-state index in [0.29, 0.717) is 5.69 Å². The molecule has 0 aromatic heterocycles. The van der Waals surface area contributed by atoms with Crippen LogP contribution in [0.15, 0.2) is 28.0 Å². The van der Waals surface area contributed by atoms with Gasteiger partial charge < -0.3 is 10.6 Å². The summed E-state index contributed by atoms with van der Waals surface area (Å²) in [5.74, 6) is -0.676. The molecule has 0 aliphatic carbocycles. The molecule has 1 aromatic rings. The topological polar surface area (TPSA) is 92.3 Å². The summed E-state index contributed by atoms with van der Waals surface area (Å²) in [4.78, 5) is 24.5. The Bertz CT molecular complexity index is 746.